The molecule has 2 aromatic rings. The average molecular weight is 231 g/mol. The molecule has 0 aliphatic rings. The number of esters is 1. The van der Waals surface area contributed by atoms with E-state index in [-0.39, 0.29) is 5.69 Å². The van der Waals surface area contributed by atoms with Crippen LogP contribution in [0.3, 0.4) is 0 Å². The highest BCUT2D eigenvalue weighted by Crippen LogP contribution is 2.22. The van der Waals surface area contributed by atoms with Crippen molar-refractivity contribution in [2.75, 3.05) is 7.11 Å². The number of hydrogen-bond acceptors (Lipinski definition) is 4. The summed E-state index contributed by atoms with van der Waals surface area (Å²) >= 11 is 0. The molecule has 0 aliphatic carbocycles. The summed E-state index contributed by atoms with van der Waals surface area (Å²) in [5.41, 5.74) is 1.10. The third-order valence-electron chi connectivity index (χ3n) is 2.42. The summed E-state index contributed by atoms with van der Waals surface area (Å²) < 4.78 is 10.2. The normalized spacial score (nSPS) is 10.2. The zero-order chi connectivity index (χ0) is 12.3. The maximum Gasteiger partial charge on any atom is 0.360 e. The largest absolute Gasteiger partial charge is 0.464 e. The molecule has 0 spiro atoms. The smallest absolute Gasteiger partial charge is 0.360 e. The van der Waals surface area contributed by atoms with Gasteiger partial charge in [0.25, 0.3) is 0 Å². The van der Waals surface area contributed by atoms with Crippen molar-refractivity contribution in [2.24, 2.45) is 0 Å². The summed E-state index contributed by atoms with van der Waals surface area (Å²) in [6, 6.07) is 9.46. The minimum absolute atomic E-state index is 0.258. The minimum atomic E-state index is -0.465. The van der Waals surface area contributed by atoms with Gasteiger partial charge in [-0.25, -0.2) is 9.78 Å². The van der Waals surface area contributed by atoms with Crippen LogP contribution in [0.15, 0.2) is 34.7 Å². The Labute approximate surface area is 99.2 Å². The lowest BCUT2D eigenvalue weighted by Crippen LogP contribution is -2.04. The lowest BCUT2D eigenvalue weighted by atomic mass is 10.2. The number of methoxy groups -OCH3 is 1. The highest BCUT2D eigenvalue weighted by molar-refractivity contribution is 5.88. The number of rotatable bonds is 3. The fourth-order valence-corrected chi connectivity index (χ4v) is 1.55. The first-order valence-electron chi connectivity index (χ1n) is 5.39. The Hall–Kier alpha value is -2.10. The number of carbonyl (C=O) groups excluding carboxylic acids is 1. The second-order valence-corrected chi connectivity index (χ2v) is 3.50. The maximum absolute atomic E-state index is 11.5. The van der Waals surface area contributed by atoms with Gasteiger partial charge in [0, 0.05) is 12.0 Å². The Kier molecular flexibility index (Phi) is 3.23. The first-order valence-corrected chi connectivity index (χ1v) is 5.39. The number of aryl methyl sites for hydroxylation is 1. The summed E-state index contributed by atoms with van der Waals surface area (Å²) in [5.74, 6) is 0.534. The molecule has 4 heteroatoms. The van der Waals surface area contributed by atoms with Crippen molar-refractivity contribution in [1.82, 2.24) is 4.98 Å². The molecule has 1 aromatic heterocycles. The number of oxazole rings is 1. The van der Waals surface area contributed by atoms with Gasteiger partial charge in [-0.05, 0) is 12.1 Å². The van der Waals surface area contributed by atoms with Crippen LogP contribution in [0.25, 0.3) is 11.5 Å². The van der Waals surface area contributed by atoms with E-state index in [0.717, 1.165) is 5.56 Å². The monoisotopic (exact) mass is 231 g/mol. The van der Waals surface area contributed by atoms with E-state index >= 15 is 0 Å². The molecule has 1 heterocycles. The van der Waals surface area contributed by atoms with Crippen LogP contribution < -0.4 is 0 Å². The number of carbonyl (C=O) groups is 1. The Morgan fingerprint density at radius 1 is 1.35 bits per heavy atom. The van der Waals surface area contributed by atoms with Gasteiger partial charge >= 0.3 is 5.97 Å². The van der Waals surface area contributed by atoms with Gasteiger partial charge in [-0.1, -0.05) is 25.1 Å². The molecule has 17 heavy (non-hydrogen) atoms. The third-order valence-corrected chi connectivity index (χ3v) is 2.42. The molecular weight excluding hydrogens is 218 g/mol. The van der Waals surface area contributed by atoms with E-state index in [1.807, 2.05) is 37.3 Å². The van der Waals surface area contributed by atoms with Crippen LogP contribution in [0, 0.1) is 0 Å². The highest BCUT2D eigenvalue weighted by Gasteiger charge is 2.19. The molecule has 0 unspecified atom stereocenters. The van der Waals surface area contributed by atoms with E-state index in [0.29, 0.717) is 18.1 Å². The van der Waals surface area contributed by atoms with Crippen LogP contribution in [0.5, 0.6) is 0 Å². The molecule has 0 N–H and O–H groups in total. The van der Waals surface area contributed by atoms with Gasteiger partial charge in [-0.3, -0.25) is 0 Å². The van der Waals surface area contributed by atoms with E-state index in [2.05, 4.69) is 9.72 Å². The summed E-state index contributed by atoms with van der Waals surface area (Å²) in [4.78, 5) is 15.7. The van der Waals surface area contributed by atoms with Gasteiger partial charge in [0.2, 0.25) is 5.89 Å². The molecule has 0 amide bonds. The Bertz CT molecular complexity index is 517. The number of hydrogen-bond donors (Lipinski definition) is 0. The average Bonchev–Trinajstić information content (AvgIpc) is 2.83. The van der Waals surface area contributed by atoms with Crippen molar-refractivity contribution in [3.63, 3.8) is 0 Å². The van der Waals surface area contributed by atoms with E-state index in [4.69, 9.17) is 4.42 Å². The molecule has 0 atom stereocenters. The first kappa shape index (κ1) is 11.4. The molecule has 0 radical (unpaired) electrons. The van der Waals surface area contributed by atoms with Gasteiger partial charge in [0.1, 0.15) is 5.76 Å². The highest BCUT2D eigenvalue weighted by atomic mass is 16.5. The molecule has 0 saturated carbocycles. The molecule has 2 rings (SSSR count). The van der Waals surface area contributed by atoms with Crippen molar-refractivity contribution in [3.05, 3.63) is 41.8 Å². The molecule has 0 bridgehead atoms. The maximum atomic E-state index is 11.5. The summed E-state index contributed by atoms with van der Waals surface area (Å²) in [6.07, 6.45) is 0.601. The fourth-order valence-electron chi connectivity index (χ4n) is 1.55. The van der Waals surface area contributed by atoms with E-state index < -0.39 is 5.97 Å². The predicted molar refractivity (Wildman–Crippen MR) is 62.7 cm³/mol. The van der Waals surface area contributed by atoms with Crippen molar-refractivity contribution in [3.8, 4) is 11.5 Å². The van der Waals surface area contributed by atoms with Crippen LogP contribution in [0.2, 0.25) is 0 Å². The number of ether oxygens (including phenoxy) is 1. The molecule has 0 fully saturated rings. The molecule has 0 aliphatic heterocycles. The zero-order valence-corrected chi connectivity index (χ0v) is 9.77. The van der Waals surface area contributed by atoms with Crippen LogP contribution in [-0.4, -0.2) is 18.1 Å². The SMILES string of the molecule is CCc1oc(-c2ccccc2)nc1C(=O)OC. The second kappa shape index (κ2) is 4.82. The lowest BCUT2D eigenvalue weighted by Gasteiger charge is -1.94. The van der Waals surface area contributed by atoms with Gasteiger partial charge < -0.3 is 9.15 Å². The van der Waals surface area contributed by atoms with Gasteiger partial charge in [-0.15, -0.1) is 0 Å². The van der Waals surface area contributed by atoms with Crippen molar-refractivity contribution in [1.29, 1.82) is 0 Å². The lowest BCUT2D eigenvalue weighted by molar-refractivity contribution is 0.0592. The predicted octanol–water partition coefficient (Wildman–Crippen LogP) is 2.69. The van der Waals surface area contributed by atoms with Crippen LogP contribution in [0.4, 0.5) is 0 Å². The number of aromatic nitrogens is 1. The quantitative estimate of drug-likeness (QED) is 0.762. The van der Waals surface area contributed by atoms with Crippen LogP contribution in [-0.2, 0) is 11.2 Å². The Morgan fingerprint density at radius 3 is 2.65 bits per heavy atom. The standard InChI is InChI=1S/C13H13NO3/c1-3-10-11(13(15)16-2)14-12(17-10)9-7-5-4-6-8-9/h4-8H,3H2,1-2H3. The fraction of sp³-hybridized carbons (Fsp3) is 0.231. The van der Waals surface area contributed by atoms with Gasteiger partial charge in [-0.2, -0.15) is 0 Å². The zero-order valence-electron chi connectivity index (χ0n) is 9.77. The minimum Gasteiger partial charge on any atom is -0.464 e. The Morgan fingerprint density at radius 2 is 2.06 bits per heavy atom. The van der Waals surface area contributed by atoms with Crippen molar-refractivity contribution >= 4 is 5.97 Å². The van der Waals surface area contributed by atoms with Gasteiger partial charge in [0.15, 0.2) is 5.69 Å². The summed E-state index contributed by atoms with van der Waals surface area (Å²) in [7, 11) is 1.33. The van der Waals surface area contributed by atoms with E-state index in [9.17, 15) is 4.79 Å². The van der Waals surface area contributed by atoms with Gasteiger partial charge in [0.05, 0.1) is 7.11 Å². The second-order valence-electron chi connectivity index (χ2n) is 3.50. The third kappa shape index (κ3) is 2.20. The van der Waals surface area contributed by atoms with Crippen LogP contribution in [0.1, 0.15) is 23.2 Å². The Balaban J connectivity index is 2.45. The molecular formula is C13H13NO3. The first-order chi connectivity index (χ1) is 8.26. The number of benzene rings is 1. The topological polar surface area (TPSA) is 52.3 Å². The van der Waals surface area contributed by atoms with E-state index in [1.54, 1.807) is 0 Å². The van der Waals surface area contributed by atoms with Crippen LogP contribution >= 0.6 is 0 Å². The van der Waals surface area contributed by atoms with Crippen molar-refractivity contribution < 1.29 is 13.9 Å². The summed E-state index contributed by atoms with van der Waals surface area (Å²) in [5, 5.41) is 0. The van der Waals surface area contributed by atoms with E-state index in [1.165, 1.54) is 7.11 Å². The number of nitrogens with zero attached hydrogens (tertiary/aromatic N) is 1. The molecule has 4 nitrogen and oxygen atoms in total. The molecule has 0 saturated heterocycles. The summed E-state index contributed by atoms with van der Waals surface area (Å²) in [6.45, 7) is 1.90. The van der Waals surface area contributed by atoms with Crippen molar-refractivity contribution in [2.45, 2.75) is 13.3 Å². The molecule has 1 aromatic carbocycles. The molecule has 88 valence electrons.